The largest absolute Gasteiger partial charge is 0.480 e. The summed E-state index contributed by atoms with van der Waals surface area (Å²) in [7, 11) is -2.61. The Balaban J connectivity index is 3.12. The van der Waals surface area contributed by atoms with Gasteiger partial charge in [-0.05, 0) is 21.8 Å². The molecule has 0 aliphatic heterocycles. The third-order valence-electron chi connectivity index (χ3n) is 2.75. The Labute approximate surface area is 119 Å². The zero-order chi connectivity index (χ0) is 14.8. The SMILES string of the molecule is CCC(C)C(NS(=O)(=O)c1c(Br)nnn1C)C(=O)O. The van der Waals surface area contributed by atoms with Gasteiger partial charge in [-0.2, -0.15) is 4.72 Å². The summed E-state index contributed by atoms with van der Waals surface area (Å²) in [6, 6.07) is -1.20. The molecule has 8 nitrogen and oxygen atoms in total. The van der Waals surface area contributed by atoms with Gasteiger partial charge in [-0.1, -0.05) is 25.5 Å². The van der Waals surface area contributed by atoms with Gasteiger partial charge in [-0.15, -0.1) is 5.10 Å². The molecule has 0 radical (unpaired) electrons. The maximum Gasteiger partial charge on any atom is 0.322 e. The van der Waals surface area contributed by atoms with E-state index in [2.05, 4.69) is 31.0 Å². The number of aliphatic carboxylic acids is 1. The Morgan fingerprint density at radius 3 is 2.53 bits per heavy atom. The number of sulfonamides is 1. The van der Waals surface area contributed by atoms with Gasteiger partial charge in [0.2, 0.25) is 5.03 Å². The van der Waals surface area contributed by atoms with E-state index in [1.807, 2.05) is 0 Å². The van der Waals surface area contributed by atoms with Crippen LogP contribution in [-0.4, -0.2) is 40.5 Å². The van der Waals surface area contributed by atoms with Gasteiger partial charge in [0, 0.05) is 7.05 Å². The first kappa shape index (κ1) is 16.1. The van der Waals surface area contributed by atoms with Crippen molar-refractivity contribution in [3.05, 3.63) is 4.60 Å². The number of rotatable bonds is 6. The van der Waals surface area contributed by atoms with Crippen LogP contribution in [0.25, 0.3) is 0 Å². The van der Waals surface area contributed by atoms with Crippen LogP contribution in [0.3, 0.4) is 0 Å². The fraction of sp³-hybridized carbons (Fsp3) is 0.667. The van der Waals surface area contributed by atoms with E-state index in [0.717, 1.165) is 4.68 Å². The quantitative estimate of drug-likeness (QED) is 0.761. The van der Waals surface area contributed by atoms with E-state index in [0.29, 0.717) is 6.42 Å². The summed E-state index contributed by atoms with van der Waals surface area (Å²) in [5.74, 6) is -1.56. The topological polar surface area (TPSA) is 114 Å². The second kappa shape index (κ2) is 5.97. The number of carbonyl (C=O) groups is 1. The molecule has 2 atom stereocenters. The lowest BCUT2D eigenvalue weighted by Crippen LogP contribution is -2.45. The van der Waals surface area contributed by atoms with Gasteiger partial charge in [0.1, 0.15) is 6.04 Å². The van der Waals surface area contributed by atoms with Crippen molar-refractivity contribution >= 4 is 31.9 Å². The summed E-state index contributed by atoms with van der Waals surface area (Å²) >= 11 is 2.97. The summed E-state index contributed by atoms with van der Waals surface area (Å²) < 4.78 is 27.6. The minimum atomic E-state index is -4.02. The van der Waals surface area contributed by atoms with Crippen LogP contribution in [0.15, 0.2) is 9.63 Å². The fourth-order valence-electron chi connectivity index (χ4n) is 1.48. The normalized spacial score (nSPS) is 15.2. The molecule has 0 aliphatic rings. The molecule has 0 bridgehead atoms. The van der Waals surface area contributed by atoms with Crippen LogP contribution in [0.5, 0.6) is 0 Å². The van der Waals surface area contributed by atoms with Crippen molar-refractivity contribution in [1.29, 1.82) is 0 Å². The highest BCUT2D eigenvalue weighted by molar-refractivity contribution is 9.10. The molecule has 10 heteroatoms. The summed E-state index contributed by atoms with van der Waals surface area (Å²) in [5.41, 5.74) is 0. The summed E-state index contributed by atoms with van der Waals surface area (Å²) in [5, 5.41) is 16.0. The van der Waals surface area contributed by atoms with Crippen LogP contribution >= 0.6 is 15.9 Å². The van der Waals surface area contributed by atoms with Crippen molar-refractivity contribution in [2.24, 2.45) is 13.0 Å². The first-order chi connectivity index (χ1) is 8.70. The van der Waals surface area contributed by atoms with E-state index in [1.54, 1.807) is 13.8 Å². The number of nitrogens with zero attached hydrogens (tertiary/aromatic N) is 3. The van der Waals surface area contributed by atoms with Crippen LogP contribution < -0.4 is 4.72 Å². The molecule has 1 heterocycles. The van der Waals surface area contributed by atoms with Gasteiger partial charge < -0.3 is 5.11 Å². The molecule has 0 aliphatic carbocycles. The van der Waals surface area contributed by atoms with Crippen molar-refractivity contribution in [2.45, 2.75) is 31.3 Å². The van der Waals surface area contributed by atoms with Crippen molar-refractivity contribution in [2.75, 3.05) is 0 Å². The summed E-state index contributed by atoms with van der Waals surface area (Å²) in [6.07, 6.45) is 0.532. The van der Waals surface area contributed by atoms with Crippen molar-refractivity contribution in [3.8, 4) is 0 Å². The van der Waals surface area contributed by atoms with Crippen LogP contribution in [-0.2, 0) is 21.9 Å². The predicted molar refractivity (Wildman–Crippen MR) is 69.9 cm³/mol. The lowest BCUT2D eigenvalue weighted by atomic mass is 10.0. The molecule has 0 amide bonds. The van der Waals surface area contributed by atoms with Crippen LogP contribution in [0, 0.1) is 5.92 Å². The van der Waals surface area contributed by atoms with E-state index >= 15 is 0 Å². The number of hydrogen-bond donors (Lipinski definition) is 2. The van der Waals surface area contributed by atoms with Crippen LogP contribution in [0.2, 0.25) is 0 Å². The third-order valence-corrected chi connectivity index (χ3v) is 5.08. The zero-order valence-corrected chi connectivity index (χ0v) is 13.1. The summed E-state index contributed by atoms with van der Waals surface area (Å²) in [6.45, 7) is 3.45. The predicted octanol–water partition coefficient (Wildman–Crippen LogP) is 0.355. The van der Waals surface area contributed by atoms with E-state index in [1.165, 1.54) is 7.05 Å². The number of aromatic nitrogens is 3. The molecule has 0 spiro atoms. The Bertz CT molecular complexity index is 551. The second-order valence-electron chi connectivity index (χ2n) is 4.13. The second-order valence-corrected chi connectivity index (χ2v) is 6.51. The molecular weight excluding hydrogens is 340 g/mol. The van der Waals surface area contributed by atoms with E-state index < -0.39 is 22.0 Å². The fourth-order valence-corrected chi connectivity index (χ4v) is 3.87. The van der Waals surface area contributed by atoms with Crippen molar-refractivity contribution in [1.82, 2.24) is 19.7 Å². The molecule has 2 N–H and O–H groups in total. The third kappa shape index (κ3) is 3.51. The van der Waals surface area contributed by atoms with Gasteiger partial charge in [0.25, 0.3) is 10.0 Å². The number of halogens is 1. The molecule has 1 aromatic rings. The van der Waals surface area contributed by atoms with Crippen molar-refractivity contribution < 1.29 is 18.3 Å². The number of aryl methyl sites for hydroxylation is 1. The van der Waals surface area contributed by atoms with Gasteiger partial charge >= 0.3 is 5.97 Å². The van der Waals surface area contributed by atoms with E-state index in [4.69, 9.17) is 5.11 Å². The van der Waals surface area contributed by atoms with E-state index in [-0.39, 0.29) is 15.5 Å². The molecule has 0 fully saturated rings. The Morgan fingerprint density at radius 2 is 2.16 bits per heavy atom. The Morgan fingerprint density at radius 1 is 1.58 bits per heavy atom. The average Bonchev–Trinajstić information content (AvgIpc) is 2.65. The smallest absolute Gasteiger partial charge is 0.322 e. The maximum absolute atomic E-state index is 12.2. The molecule has 0 saturated carbocycles. The van der Waals surface area contributed by atoms with Crippen molar-refractivity contribution in [3.63, 3.8) is 0 Å². The van der Waals surface area contributed by atoms with Gasteiger partial charge in [0.15, 0.2) is 4.60 Å². The number of carboxylic acids is 1. The van der Waals surface area contributed by atoms with Crippen LogP contribution in [0.4, 0.5) is 0 Å². The van der Waals surface area contributed by atoms with Crippen LogP contribution in [0.1, 0.15) is 20.3 Å². The molecule has 0 saturated heterocycles. The first-order valence-corrected chi connectivity index (χ1v) is 7.78. The maximum atomic E-state index is 12.2. The molecule has 0 aromatic carbocycles. The Hall–Kier alpha value is -1.00. The lowest BCUT2D eigenvalue weighted by molar-refractivity contribution is -0.140. The number of carboxylic acid groups (broad SMARTS) is 1. The highest BCUT2D eigenvalue weighted by Gasteiger charge is 2.32. The molecule has 2 unspecified atom stereocenters. The monoisotopic (exact) mass is 354 g/mol. The molecular formula is C9H15BrN4O4S. The summed E-state index contributed by atoms with van der Waals surface area (Å²) in [4.78, 5) is 11.1. The molecule has 19 heavy (non-hydrogen) atoms. The van der Waals surface area contributed by atoms with Gasteiger partial charge in [-0.3, -0.25) is 4.79 Å². The highest BCUT2D eigenvalue weighted by Crippen LogP contribution is 2.19. The average molecular weight is 355 g/mol. The minimum Gasteiger partial charge on any atom is -0.480 e. The minimum absolute atomic E-state index is 0.0378. The van der Waals surface area contributed by atoms with Gasteiger partial charge in [0.05, 0.1) is 0 Å². The molecule has 1 aromatic heterocycles. The highest BCUT2D eigenvalue weighted by atomic mass is 79.9. The van der Waals surface area contributed by atoms with E-state index in [9.17, 15) is 13.2 Å². The lowest BCUT2D eigenvalue weighted by Gasteiger charge is -2.19. The number of hydrogen-bond acceptors (Lipinski definition) is 5. The Kier molecular flexibility index (Phi) is 5.04. The molecule has 1 rings (SSSR count). The first-order valence-electron chi connectivity index (χ1n) is 5.51. The molecule has 108 valence electrons. The standard InChI is InChI=1S/C9H15BrN4O4S/c1-4-5(2)6(9(15)16)12-19(17,18)8-7(10)11-13-14(8)3/h5-6,12H,4H2,1-3H3,(H,15,16). The number of nitrogens with one attached hydrogen (secondary N) is 1. The van der Waals surface area contributed by atoms with Gasteiger partial charge in [-0.25, -0.2) is 13.1 Å². The zero-order valence-electron chi connectivity index (χ0n) is 10.7.